The Labute approximate surface area is 182 Å². The maximum atomic E-state index is 13.1. The first-order valence-corrected chi connectivity index (χ1v) is 10.7. The van der Waals surface area contributed by atoms with Gasteiger partial charge < -0.3 is 9.64 Å². The third-order valence-corrected chi connectivity index (χ3v) is 5.13. The number of para-hydroxylation sites is 2. The molecule has 0 N–H and O–H groups in total. The van der Waals surface area contributed by atoms with Crippen LogP contribution in [0, 0.1) is 11.3 Å². The van der Waals surface area contributed by atoms with Gasteiger partial charge in [-0.25, -0.2) is 4.79 Å². The Morgan fingerprint density at radius 2 is 1.68 bits per heavy atom. The number of fused-ring (bicyclic) bond motifs is 1. The van der Waals surface area contributed by atoms with Gasteiger partial charge in [-0.05, 0) is 49.7 Å². The molecule has 0 spiro atoms. The summed E-state index contributed by atoms with van der Waals surface area (Å²) in [6.45, 7) is 5.74. The molecule has 162 valence electrons. The van der Waals surface area contributed by atoms with E-state index >= 15 is 0 Å². The summed E-state index contributed by atoms with van der Waals surface area (Å²) in [5.74, 6) is 0.604. The van der Waals surface area contributed by atoms with Crippen LogP contribution < -0.4 is 15.3 Å². The van der Waals surface area contributed by atoms with Gasteiger partial charge in [0.05, 0.1) is 30.1 Å². The molecule has 2 aromatic carbocycles. The largest absolute Gasteiger partial charge is 0.494 e. The van der Waals surface area contributed by atoms with E-state index in [1.807, 2.05) is 62.4 Å². The minimum Gasteiger partial charge on any atom is -0.494 e. The highest BCUT2D eigenvalue weighted by Gasteiger charge is 2.18. The van der Waals surface area contributed by atoms with Crippen LogP contribution in [0.1, 0.15) is 33.1 Å². The summed E-state index contributed by atoms with van der Waals surface area (Å²) in [6.07, 6.45) is 1.25. The number of hydrogen-bond acceptors (Lipinski definition) is 4. The number of aryl methyl sites for hydroxylation is 2. The lowest BCUT2D eigenvalue weighted by molar-refractivity contribution is -0.118. The molecule has 0 unspecified atom stereocenters. The zero-order chi connectivity index (χ0) is 22.2. The number of ether oxygens (including phenoxy) is 1. The van der Waals surface area contributed by atoms with Crippen LogP contribution in [0.4, 0.5) is 5.69 Å². The van der Waals surface area contributed by atoms with E-state index in [0.717, 1.165) is 23.2 Å². The van der Waals surface area contributed by atoms with Crippen LogP contribution in [0.5, 0.6) is 5.75 Å². The smallest absolute Gasteiger partial charge is 0.329 e. The number of nitrogens with zero attached hydrogens (tertiary/aromatic N) is 4. The molecule has 0 aliphatic heterocycles. The minimum absolute atomic E-state index is 0.0968. The molecule has 3 aromatic rings. The van der Waals surface area contributed by atoms with Crippen molar-refractivity contribution in [3.05, 3.63) is 59.0 Å². The van der Waals surface area contributed by atoms with Crippen molar-refractivity contribution in [1.29, 1.82) is 5.26 Å². The Morgan fingerprint density at radius 3 is 2.26 bits per heavy atom. The average molecular weight is 421 g/mol. The van der Waals surface area contributed by atoms with Gasteiger partial charge >= 0.3 is 5.69 Å². The molecule has 1 aromatic heterocycles. The SMILES string of the molecule is CCCn1c(=O)n(CCC(=O)N(CCC#N)c2ccc(OCC)cc2)c2ccccc21. The lowest BCUT2D eigenvalue weighted by Crippen LogP contribution is -2.33. The Balaban J connectivity index is 1.82. The van der Waals surface area contributed by atoms with Crippen molar-refractivity contribution >= 4 is 22.6 Å². The Morgan fingerprint density at radius 1 is 1.03 bits per heavy atom. The highest BCUT2D eigenvalue weighted by atomic mass is 16.5. The van der Waals surface area contributed by atoms with Gasteiger partial charge in [0, 0.05) is 31.7 Å². The molecule has 3 rings (SSSR count). The normalized spacial score (nSPS) is 10.7. The molecule has 7 nitrogen and oxygen atoms in total. The molecule has 0 saturated carbocycles. The summed E-state index contributed by atoms with van der Waals surface area (Å²) >= 11 is 0. The van der Waals surface area contributed by atoms with Gasteiger partial charge in [0.25, 0.3) is 0 Å². The van der Waals surface area contributed by atoms with Crippen LogP contribution >= 0.6 is 0 Å². The Hall–Kier alpha value is -3.53. The van der Waals surface area contributed by atoms with Crippen LogP contribution in [0.2, 0.25) is 0 Å². The van der Waals surface area contributed by atoms with E-state index in [4.69, 9.17) is 10.00 Å². The zero-order valence-corrected chi connectivity index (χ0v) is 18.1. The maximum absolute atomic E-state index is 13.1. The number of amides is 1. The van der Waals surface area contributed by atoms with Crippen molar-refractivity contribution in [2.24, 2.45) is 0 Å². The molecule has 0 bridgehead atoms. The summed E-state index contributed by atoms with van der Waals surface area (Å²) in [7, 11) is 0. The minimum atomic E-state index is -0.126. The summed E-state index contributed by atoms with van der Waals surface area (Å²) in [5.41, 5.74) is 2.33. The first kappa shape index (κ1) is 22.2. The van der Waals surface area contributed by atoms with Crippen molar-refractivity contribution < 1.29 is 9.53 Å². The predicted octanol–water partition coefficient (Wildman–Crippen LogP) is 3.95. The molecular formula is C24H28N4O3. The number of nitriles is 1. The third kappa shape index (κ3) is 4.97. The summed E-state index contributed by atoms with van der Waals surface area (Å²) in [4.78, 5) is 27.6. The molecule has 0 atom stereocenters. The second-order valence-electron chi connectivity index (χ2n) is 7.20. The monoisotopic (exact) mass is 420 g/mol. The molecule has 1 heterocycles. The lowest BCUT2D eigenvalue weighted by Gasteiger charge is -2.22. The first-order chi connectivity index (χ1) is 15.1. The van der Waals surface area contributed by atoms with Gasteiger partial charge in [-0.3, -0.25) is 13.9 Å². The molecular weight excluding hydrogens is 392 g/mol. The number of benzene rings is 2. The van der Waals surface area contributed by atoms with E-state index in [1.54, 1.807) is 14.0 Å². The predicted molar refractivity (Wildman–Crippen MR) is 121 cm³/mol. The van der Waals surface area contributed by atoms with Gasteiger partial charge in [0.1, 0.15) is 5.75 Å². The van der Waals surface area contributed by atoms with Crippen LogP contribution in [0.15, 0.2) is 53.3 Å². The molecule has 0 fully saturated rings. The summed E-state index contributed by atoms with van der Waals surface area (Å²) in [6, 6.07) is 17.0. The third-order valence-electron chi connectivity index (χ3n) is 5.13. The van der Waals surface area contributed by atoms with Crippen molar-refractivity contribution in [1.82, 2.24) is 9.13 Å². The Kier molecular flexibility index (Phi) is 7.50. The summed E-state index contributed by atoms with van der Waals surface area (Å²) < 4.78 is 8.90. The molecule has 0 saturated heterocycles. The quantitative estimate of drug-likeness (QED) is 0.497. The maximum Gasteiger partial charge on any atom is 0.329 e. The number of rotatable bonds is 10. The Bertz CT molecular complexity index is 1120. The topological polar surface area (TPSA) is 80.3 Å². The number of imidazole rings is 1. The standard InChI is InChI=1S/C24H28N4O3/c1-3-16-27-21-8-5-6-9-22(21)28(24(27)30)18-14-23(29)26(17-7-15-25)19-10-12-20(13-11-19)31-4-2/h5-6,8-13H,3-4,7,14,16-18H2,1-2H3. The van der Waals surface area contributed by atoms with Crippen LogP contribution in [0.25, 0.3) is 11.0 Å². The first-order valence-electron chi connectivity index (χ1n) is 10.7. The fourth-order valence-electron chi connectivity index (χ4n) is 3.72. The number of anilines is 1. The summed E-state index contributed by atoms with van der Waals surface area (Å²) in [5, 5.41) is 9.02. The number of carbonyl (C=O) groups excluding carboxylic acids is 1. The van der Waals surface area contributed by atoms with E-state index in [1.165, 1.54) is 0 Å². The lowest BCUT2D eigenvalue weighted by atomic mass is 10.2. The highest BCUT2D eigenvalue weighted by molar-refractivity contribution is 5.93. The molecule has 0 radical (unpaired) electrons. The molecule has 7 heteroatoms. The number of hydrogen-bond donors (Lipinski definition) is 0. The zero-order valence-electron chi connectivity index (χ0n) is 18.1. The van der Waals surface area contributed by atoms with Crippen molar-refractivity contribution in [2.45, 2.75) is 46.2 Å². The van der Waals surface area contributed by atoms with E-state index < -0.39 is 0 Å². The second-order valence-corrected chi connectivity index (χ2v) is 7.20. The van der Waals surface area contributed by atoms with Crippen LogP contribution in [-0.2, 0) is 17.9 Å². The van der Waals surface area contributed by atoms with Gasteiger partial charge in [-0.2, -0.15) is 5.26 Å². The van der Waals surface area contributed by atoms with E-state index in [0.29, 0.717) is 25.4 Å². The number of aromatic nitrogens is 2. The fourth-order valence-corrected chi connectivity index (χ4v) is 3.72. The molecule has 31 heavy (non-hydrogen) atoms. The van der Waals surface area contributed by atoms with E-state index in [2.05, 4.69) is 6.07 Å². The van der Waals surface area contributed by atoms with Crippen LogP contribution in [-0.4, -0.2) is 28.2 Å². The second kappa shape index (κ2) is 10.5. The number of carbonyl (C=O) groups is 1. The van der Waals surface area contributed by atoms with Gasteiger partial charge in [-0.15, -0.1) is 0 Å². The average Bonchev–Trinajstić information content (AvgIpc) is 3.05. The molecule has 0 aliphatic rings. The fraction of sp³-hybridized carbons (Fsp3) is 0.375. The van der Waals surface area contributed by atoms with Gasteiger partial charge in [-0.1, -0.05) is 19.1 Å². The van der Waals surface area contributed by atoms with Gasteiger partial charge in [0.2, 0.25) is 5.91 Å². The van der Waals surface area contributed by atoms with Crippen molar-refractivity contribution in [3.8, 4) is 11.8 Å². The van der Waals surface area contributed by atoms with E-state index in [-0.39, 0.29) is 31.0 Å². The van der Waals surface area contributed by atoms with Crippen molar-refractivity contribution in [3.63, 3.8) is 0 Å². The van der Waals surface area contributed by atoms with Crippen molar-refractivity contribution in [2.75, 3.05) is 18.1 Å². The molecule has 1 amide bonds. The molecule has 0 aliphatic carbocycles. The van der Waals surface area contributed by atoms with Gasteiger partial charge in [0.15, 0.2) is 0 Å². The van der Waals surface area contributed by atoms with E-state index in [9.17, 15) is 9.59 Å². The van der Waals surface area contributed by atoms with Crippen LogP contribution in [0.3, 0.4) is 0 Å². The highest BCUT2D eigenvalue weighted by Crippen LogP contribution is 2.21.